The van der Waals surface area contributed by atoms with Crippen LogP contribution in [0, 0.1) is 0 Å². The van der Waals surface area contributed by atoms with Crippen LogP contribution in [0.15, 0.2) is 46.2 Å². The van der Waals surface area contributed by atoms with Crippen LogP contribution >= 0.6 is 41.2 Å². The molecule has 0 saturated carbocycles. The van der Waals surface area contributed by atoms with Crippen molar-refractivity contribution < 1.29 is 10.2 Å². The Balaban J connectivity index is 1.60. The molecule has 0 aliphatic carbocycles. The second-order valence-electron chi connectivity index (χ2n) is 11.8. The molecule has 0 fully saturated rings. The molecule has 0 atom stereocenters. The van der Waals surface area contributed by atoms with Crippen molar-refractivity contribution in [2.24, 2.45) is 0 Å². The first-order valence-corrected chi connectivity index (χ1v) is 21.8. The van der Waals surface area contributed by atoms with Gasteiger partial charge in [-0.15, -0.1) is 0 Å². The molecular formula is C36H58O2S4. The van der Waals surface area contributed by atoms with Crippen molar-refractivity contribution in [2.45, 2.75) is 165 Å². The van der Waals surface area contributed by atoms with Crippen molar-refractivity contribution in [1.29, 1.82) is 0 Å². The average molecular weight is 651 g/mol. The van der Waals surface area contributed by atoms with Gasteiger partial charge in [0.15, 0.2) is 0 Å². The lowest BCUT2D eigenvalue weighted by molar-refractivity contribution is 0.461. The molecule has 0 spiro atoms. The van der Waals surface area contributed by atoms with Gasteiger partial charge in [-0.25, -0.2) is 0 Å². The van der Waals surface area contributed by atoms with Crippen LogP contribution in [0.3, 0.4) is 0 Å². The Bertz CT molecular complexity index is 861. The van der Waals surface area contributed by atoms with E-state index in [0.717, 1.165) is 22.6 Å². The van der Waals surface area contributed by atoms with Crippen LogP contribution in [0.4, 0.5) is 0 Å². The third kappa shape index (κ3) is 18.3. The summed E-state index contributed by atoms with van der Waals surface area (Å²) in [4.78, 5) is 1.85. The molecule has 0 aliphatic heterocycles. The predicted octanol–water partition coefficient (Wildman–Crippen LogP) is 14.1. The Morgan fingerprint density at radius 2 is 0.738 bits per heavy atom. The Hall–Kier alpha value is -0.560. The Labute approximate surface area is 274 Å². The molecule has 0 aromatic heterocycles. The van der Waals surface area contributed by atoms with Crippen LogP contribution in [0.5, 0.6) is 11.5 Å². The molecule has 0 aliphatic rings. The van der Waals surface area contributed by atoms with Crippen LogP contribution < -0.4 is 0 Å². The first-order valence-electron chi connectivity index (χ1n) is 17.0. The zero-order valence-electron chi connectivity index (χ0n) is 26.5. The maximum atomic E-state index is 10.4. The maximum Gasteiger partial charge on any atom is 0.130 e. The lowest BCUT2D eigenvalue weighted by atomic mass is 10.0. The van der Waals surface area contributed by atoms with Gasteiger partial charge in [0.05, 0.1) is 9.79 Å². The van der Waals surface area contributed by atoms with E-state index in [1.165, 1.54) is 140 Å². The van der Waals surface area contributed by atoms with Crippen molar-refractivity contribution in [3.63, 3.8) is 0 Å². The average Bonchev–Trinajstić information content (AvgIpc) is 2.99. The van der Waals surface area contributed by atoms with Crippen molar-refractivity contribution in [3.8, 4) is 11.5 Å². The summed E-state index contributed by atoms with van der Waals surface area (Å²) in [5.41, 5.74) is 2.62. The number of phenols is 2. The van der Waals surface area contributed by atoms with E-state index in [9.17, 15) is 10.2 Å². The third-order valence-electron chi connectivity index (χ3n) is 7.96. The molecular weight excluding hydrogens is 593 g/mol. The third-order valence-corrected chi connectivity index (χ3v) is 14.0. The van der Waals surface area contributed by atoms with Crippen molar-refractivity contribution >= 4 is 41.2 Å². The molecule has 2 aromatic carbocycles. The number of hydrogen-bond acceptors (Lipinski definition) is 6. The number of unbranched alkanes of at least 4 members (excludes halogenated alkanes) is 18. The van der Waals surface area contributed by atoms with Crippen LogP contribution in [0.25, 0.3) is 0 Å². The molecule has 0 bridgehead atoms. The van der Waals surface area contributed by atoms with Crippen LogP contribution in [0.1, 0.15) is 153 Å². The van der Waals surface area contributed by atoms with Gasteiger partial charge in [0, 0.05) is 0 Å². The quantitative estimate of drug-likeness (QED) is 0.0740. The Kier molecular flexibility index (Phi) is 23.1. The van der Waals surface area contributed by atoms with E-state index in [1.54, 1.807) is 41.2 Å². The van der Waals surface area contributed by atoms with Gasteiger partial charge < -0.3 is 10.2 Å². The summed E-state index contributed by atoms with van der Waals surface area (Å²) < 4.78 is 0. The van der Waals surface area contributed by atoms with E-state index < -0.39 is 0 Å². The fourth-order valence-electron chi connectivity index (χ4n) is 5.30. The van der Waals surface area contributed by atoms with E-state index in [4.69, 9.17) is 0 Å². The van der Waals surface area contributed by atoms with Gasteiger partial charge in [-0.3, -0.25) is 0 Å². The van der Waals surface area contributed by atoms with Gasteiger partial charge >= 0.3 is 0 Å². The maximum absolute atomic E-state index is 10.4. The molecule has 0 radical (unpaired) electrons. The molecule has 0 heterocycles. The molecule has 238 valence electrons. The van der Waals surface area contributed by atoms with Crippen molar-refractivity contribution in [1.82, 2.24) is 0 Å². The van der Waals surface area contributed by atoms with Gasteiger partial charge in [-0.1, -0.05) is 142 Å². The van der Waals surface area contributed by atoms with Crippen LogP contribution in [0.2, 0.25) is 0 Å². The topological polar surface area (TPSA) is 40.5 Å². The summed E-state index contributed by atoms with van der Waals surface area (Å²) in [6.07, 6.45) is 29.2. The summed E-state index contributed by atoms with van der Waals surface area (Å²) >= 11 is 0. The minimum atomic E-state index is 0.353. The van der Waals surface area contributed by atoms with Gasteiger partial charge in [0.1, 0.15) is 11.5 Å². The van der Waals surface area contributed by atoms with E-state index in [1.807, 2.05) is 12.1 Å². The summed E-state index contributed by atoms with van der Waals surface area (Å²) in [5.74, 6) is 0.706. The lowest BCUT2D eigenvalue weighted by Crippen LogP contribution is -1.88. The lowest BCUT2D eigenvalue weighted by Gasteiger charge is -2.09. The molecule has 2 N–H and O–H groups in total. The van der Waals surface area contributed by atoms with Gasteiger partial charge in [0.2, 0.25) is 0 Å². The predicted molar refractivity (Wildman–Crippen MR) is 194 cm³/mol. The molecule has 0 unspecified atom stereocenters. The normalized spacial score (nSPS) is 11.4. The fraction of sp³-hybridized carbons (Fsp3) is 0.667. The molecule has 0 saturated heterocycles. The Morgan fingerprint density at radius 1 is 0.429 bits per heavy atom. The number of rotatable bonds is 27. The van der Waals surface area contributed by atoms with Crippen LogP contribution in [-0.4, -0.2) is 10.2 Å². The van der Waals surface area contributed by atoms with E-state index in [0.29, 0.717) is 11.5 Å². The monoisotopic (exact) mass is 650 g/mol. The summed E-state index contributed by atoms with van der Waals surface area (Å²) in [7, 11) is 6.50. The zero-order chi connectivity index (χ0) is 30.1. The van der Waals surface area contributed by atoms with Gasteiger partial charge in [0.25, 0.3) is 0 Å². The second-order valence-corrected chi connectivity index (χ2v) is 17.5. The summed E-state index contributed by atoms with van der Waals surface area (Å²) in [6.45, 7) is 4.55. The first-order chi connectivity index (χ1) is 20.6. The minimum Gasteiger partial charge on any atom is -0.507 e. The van der Waals surface area contributed by atoms with Crippen LogP contribution in [-0.2, 0) is 12.8 Å². The highest BCUT2D eigenvalue weighted by atomic mass is 33.7. The second kappa shape index (κ2) is 25.7. The molecule has 42 heavy (non-hydrogen) atoms. The number of aromatic hydroxyl groups is 2. The first kappa shape index (κ1) is 37.6. The summed E-state index contributed by atoms with van der Waals surface area (Å²) in [5, 5.41) is 20.8. The smallest absolute Gasteiger partial charge is 0.130 e. The largest absolute Gasteiger partial charge is 0.507 e. The van der Waals surface area contributed by atoms with E-state index >= 15 is 0 Å². The van der Waals surface area contributed by atoms with Gasteiger partial charge in [-0.05, 0) is 102 Å². The van der Waals surface area contributed by atoms with Gasteiger partial charge in [-0.2, -0.15) is 0 Å². The van der Waals surface area contributed by atoms with Crippen molar-refractivity contribution in [3.05, 3.63) is 47.5 Å². The highest BCUT2D eigenvalue weighted by molar-refractivity contribution is 9.26. The molecule has 2 rings (SSSR count). The summed E-state index contributed by atoms with van der Waals surface area (Å²) in [6, 6.07) is 12.1. The highest BCUT2D eigenvalue weighted by Gasteiger charge is 2.09. The zero-order valence-corrected chi connectivity index (χ0v) is 29.8. The molecule has 2 nitrogen and oxygen atoms in total. The standard InChI is InChI=1S/C36H58O2S4/c1-3-5-7-9-11-13-15-17-19-21-23-31-25-27-33(37)35(29-31)39-41-42-40-36-30-32(26-28-34(36)38)24-22-20-18-16-14-12-10-8-6-4-2/h25-30,37-38H,3-24H2,1-2H3. The molecule has 6 heteroatoms. The number of hydrogen-bond donors (Lipinski definition) is 2. The fourth-order valence-corrected chi connectivity index (χ4v) is 10.9. The minimum absolute atomic E-state index is 0.353. The van der Waals surface area contributed by atoms with Crippen molar-refractivity contribution in [2.75, 3.05) is 0 Å². The number of aryl methyl sites for hydroxylation is 2. The SMILES string of the molecule is CCCCCCCCCCCCc1ccc(O)c(SSSSc2cc(CCCCCCCCCCCC)ccc2O)c1. The number of benzene rings is 2. The van der Waals surface area contributed by atoms with E-state index in [2.05, 4.69) is 38.1 Å². The highest BCUT2D eigenvalue weighted by Crippen LogP contribution is 2.52. The van der Waals surface area contributed by atoms with E-state index in [-0.39, 0.29) is 0 Å². The number of phenolic OH excluding ortho intramolecular Hbond substituents is 2. The molecule has 0 amide bonds. The Morgan fingerprint density at radius 3 is 1.07 bits per heavy atom. The molecule has 2 aromatic rings.